The van der Waals surface area contributed by atoms with Crippen LogP contribution in [0.3, 0.4) is 0 Å². The number of alkyl halides is 3. The predicted octanol–water partition coefficient (Wildman–Crippen LogP) is 3.18. The molecule has 29 heavy (non-hydrogen) atoms. The Morgan fingerprint density at radius 2 is 1.90 bits per heavy atom. The Hall–Kier alpha value is -2.81. The van der Waals surface area contributed by atoms with Crippen LogP contribution >= 0.6 is 0 Å². The molecule has 3 rings (SSSR count). The van der Waals surface area contributed by atoms with E-state index in [4.69, 9.17) is 9.47 Å². The molecule has 0 unspecified atom stereocenters. The second-order valence-corrected chi connectivity index (χ2v) is 6.66. The number of hydrogen-bond acceptors (Lipinski definition) is 5. The monoisotopic (exact) mass is 409 g/mol. The Bertz CT molecular complexity index is 864. The molecule has 1 N–H and O–H groups in total. The number of ether oxygens (including phenoxy) is 2. The predicted molar refractivity (Wildman–Crippen MR) is 101 cm³/mol. The highest BCUT2D eigenvalue weighted by Crippen LogP contribution is 2.29. The molecule has 0 aliphatic carbocycles. The fourth-order valence-electron chi connectivity index (χ4n) is 3.09. The summed E-state index contributed by atoms with van der Waals surface area (Å²) in [4.78, 5) is 19.2. The van der Waals surface area contributed by atoms with Crippen molar-refractivity contribution in [1.82, 2.24) is 10.3 Å². The maximum absolute atomic E-state index is 12.7. The van der Waals surface area contributed by atoms with Gasteiger partial charge in [0.25, 0.3) is 5.91 Å². The van der Waals surface area contributed by atoms with Crippen LogP contribution in [0.15, 0.2) is 30.3 Å². The molecule has 9 heteroatoms. The first-order chi connectivity index (χ1) is 13.8. The van der Waals surface area contributed by atoms with Crippen LogP contribution in [0.1, 0.15) is 27.0 Å². The molecule has 1 aromatic carbocycles. The Labute approximate surface area is 166 Å². The smallest absolute Gasteiger partial charge is 0.416 e. The van der Waals surface area contributed by atoms with Crippen molar-refractivity contribution >= 4 is 11.7 Å². The van der Waals surface area contributed by atoms with Crippen LogP contribution in [0.2, 0.25) is 0 Å². The van der Waals surface area contributed by atoms with Gasteiger partial charge in [0.05, 0.1) is 25.9 Å². The third-order valence-corrected chi connectivity index (χ3v) is 4.66. The van der Waals surface area contributed by atoms with Crippen molar-refractivity contribution in [1.29, 1.82) is 0 Å². The first kappa shape index (κ1) is 20.9. The zero-order valence-electron chi connectivity index (χ0n) is 16.2. The number of amides is 1. The summed E-state index contributed by atoms with van der Waals surface area (Å²) < 4.78 is 48.6. The van der Waals surface area contributed by atoms with Crippen molar-refractivity contribution in [3.05, 3.63) is 52.6 Å². The maximum atomic E-state index is 12.7. The van der Waals surface area contributed by atoms with E-state index < -0.39 is 17.6 Å². The minimum atomic E-state index is -4.39. The van der Waals surface area contributed by atoms with Gasteiger partial charge < -0.3 is 19.7 Å². The average molecular weight is 409 g/mol. The summed E-state index contributed by atoms with van der Waals surface area (Å²) >= 11 is 0. The van der Waals surface area contributed by atoms with Crippen LogP contribution in [0.25, 0.3) is 0 Å². The Balaban J connectivity index is 1.73. The van der Waals surface area contributed by atoms with Crippen LogP contribution in [-0.4, -0.2) is 44.3 Å². The van der Waals surface area contributed by atoms with E-state index in [1.165, 1.54) is 19.2 Å². The minimum absolute atomic E-state index is 0.0881. The van der Waals surface area contributed by atoms with Crippen molar-refractivity contribution in [3.63, 3.8) is 0 Å². The molecule has 6 nitrogen and oxygen atoms in total. The van der Waals surface area contributed by atoms with E-state index >= 15 is 0 Å². The molecular weight excluding hydrogens is 387 g/mol. The van der Waals surface area contributed by atoms with Crippen LogP contribution < -0.4 is 15.0 Å². The second kappa shape index (κ2) is 8.69. The molecule has 0 atom stereocenters. The summed E-state index contributed by atoms with van der Waals surface area (Å²) in [6, 6.07) is 6.48. The summed E-state index contributed by atoms with van der Waals surface area (Å²) in [6.07, 6.45) is -4.39. The third-order valence-electron chi connectivity index (χ3n) is 4.66. The first-order valence-corrected chi connectivity index (χ1v) is 9.12. The number of morpholine rings is 1. The molecule has 0 saturated carbocycles. The highest BCUT2D eigenvalue weighted by molar-refractivity contribution is 5.98. The number of halogens is 3. The number of benzene rings is 1. The van der Waals surface area contributed by atoms with Gasteiger partial charge in [0.2, 0.25) is 5.88 Å². The number of carbonyl (C=O) groups is 1. The van der Waals surface area contributed by atoms with Crippen LogP contribution in [0.5, 0.6) is 5.88 Å². The van der Waals surface area contributed by atoms with Crippen molar-refractivity contribution in [2.75, 3.05) is 38.3 Å². The SMILES string of the molecule is COc1nc(N2CCOCC2)cc(C)c1C(=O)NCc1ccc(C(F)(F)F)cc1. The highest BCUT2D eigenvalue weighted by atomic mass is 19.4. The summed E-state index contributed by atoms with van der Waals surface area (Å²) in [7, 11) is 1.44. The first-order valence-electron chi connectivity index (χ1n) is 9.12. The number of methoxy groups -OCH3 is 1. The lowest BCUT2D eigenvalue weighted by Gasteiger charge is -2.28. The van der Waals surface area contributed by atoms with E-state index in [0.29, 0.717) is 48.8 Å². The fraction of sp³-hybridized carbons (Fsp3) is 0.400. The minimum Gasteiger partial charge on any atom is -0.480 e. The third kappa shape index (κ3) is 4.97. The van der Waals surface area contributed by atoms with Gasteiger partial charge in [0.15, 0.2) is 0 Å². The number of aryl methyl sites for hydroxylation is 1. The quantitative estimate of drug-likeness (QED) is 0.822. The zero-order valence-corrected chi connectivity index (χ0v) is 16.2. The average Bonchev–Trinajstić information content (AvgIpc) is 2.71. The van der Waals surface area contributed by atoms with Gasteiger partial charge in [-0.3, -0.25) is 4.79 Å². The molecule has 1 aliphatic rings. The lowest BCUT2D eigenvalue weighted by Crippen LogP contribution is -2.37. The second-order valence-electron chi connectivity index (χ2n) is 6.66. The standard InChI is InChI=1S/C20H22F3N3O3/c1-13-11-16(26-7-9-29-10-8-26)25-19(28-2)17(13)18(27)24-12-14-3-5-15(6-4-14)20(21,22)23/h3-6,11H,7-10,12H2,1-2H3,(H,24,27). The largest absolute Gasteiger partial charge is 0.480 e. The molecule has 2 aromatic rings. The van der Waals surface area contributed by atoms with Crippen molar-refractivity contribution in [3.8, 4) is 5.88 Å². The highest BCUT2D eigenvalue weighted by Gasteiger charge is 2.30. The molecule has 0 spiro atoms. The number of rotatable bonds is 5. The lowest BCUT2D eigenvalue weighted by molar-refractivity contribution is -0.137. The number of nitrogens with one attached hydrogen (secondary N) is 1. The van der Waals surface area contributed by atoms with E-state index in [-0.39, 0.29) is 12.4 Å². The number of nitrogens with zero attached hydrogens (tertiary/aromatic N) is 2. The Morgan fingerprint density at radius 1 is 1.24 bits per heavy atom. The molecule has 1 fully saturated rings. The molecule has 1 aromatic heterocycles. The Morgan fingerprint density at radius 3 is 2.48 bits per heavy atom. The van der Waals surface area contributed by atoms with Gasteiger partial charge in [0, 0.05) is 19.6 Å². The molecule has 2 heterocycles. The lowest BCUT2D eigenvalue weighted by atomic mass is 10.1. The van der Waals surface area contributed by atoms with Crippen molar-refractivity contribution in [2.24, 2.45) is 0 Å². The van der Waals surface area contributed by atoms with Gasteiger partial charge in [-0.2, -0.15) is 18.2 Å². The molecule has 1 saturated heterocycles. The van der Waals surface area contributed by atoms with Crippen LogP contribution in [0.4, 0.5) is 19.0 Å². The molecule has 0 radical (unpaired) electrons. The summed E-state index contributed by atoms with van der Waals surface area (Å²) in [5, 5.41) is 2.71. The summed E-state index contributed by atoms with van der Waals surface area (Å²) in [6.45, 7) is 4.51. The molecule has 156 valence electrons. The van der Waals surface area contributed by atoms with E-state index in [1.807, 2.05) is 6.07 Å². The van der Waals surface area contributed by atoms with Crippen LogP contribution in [0, 0.1) is 6.92 Å². The zero-order chi connectivity index (χ0) is 21.0. The van der Waals surface area contributed by atoms with Crippen LogP contribution in [-0.2, 0) is 17.5 Å². The number of carbonyl (C=O) groups excluding carboxylic acids is 1. The summed E-state index contributed by atoms with van der Waals surface area (Å²) in [5.41, 5.74) is 0.827. The van der Waals surface area contributed by atoms with E-state index in [0.717, 1.165) is 12.1 Å². The molecule has 1 amide bonds. The molecule has 1 aliphatic heterocycles. The van der Waals surface area contributed by atoms with E-state index in [1.54, 1.807) is 6.92 Å². The maximum Gasteiger partial charge on any atom is 0.416 e. The number of hydrogen-bond donors (Lipinski definition) is 1. The van der Waals surface area contributed by atoms with Crippen molar-refractivity contribution < 1.29 is 27.4 Å². The topological polar surface area (TPSA) is 63.7 Å². The van der Waals surface area contributed by atoms with Gasteiger partial charge in [-0.15, -0.1) is 0 Å². The summed E-state index contributed by atoms with van der Waals surface area (Å²) in [5.74, 6) is 0.513. The van der Waals surface area contributed by atoms with Gasteiger partial charge in [-0.1, -0.05) is 12.1 Å². The Kier molecular flexibility index (Phi) is 6.26. The van der Waals surface area contributed by atoms with E-state index in [9.17, 15) is 18.0 Å². The van der Waals surface area contributed by atoms with Crippen molar-refractivity contribution in [2.45, 2.75) is 19.6 Å². The number of aromatic nitrogens is 1. The van der Waals surface area contributed by atoms with Gasteiger partial charge in [-0.05, 0) is 36.2 Å². The van der Waals surface area contributed by atoms with Gasteiger partial charge >= 0.3 is 6.18 Å². The van der Waals surface area contributed by atoms with Gasteiger partial charge in [-0.25, -0.2) is 0 Å². The fourth-order valence-corrected chi connectivity index (χ4v) is 3.09. The normalized spacial score (nSPS) is 14.6. The van der Waals surface area contributed by atoms with E-state index in [2.05, 4.69) is 15.2 Å². The number of anilines is 1. The number of pyridine rings is 1. The van der Waals surface area contributed by atoms with Gasteiger partial charge in [0.1, 0.15) is 11.4 Å². The molecular formula is C20H22F3N3O3. The molecule has 0 bridgehead atoms.